The largest absolute Gasteiger partial charge is 0.480 e. The quantitative estimate of drug-likeness (QED) is 0.112. The molecule has 4 aromatic rings. The standard InChI is InChI=1S/C27H27F2N5O2S.C26H24F2N4O4S/c1-15-13-36-14-16(2)34(15)24(35)27-11-23(27)26(3,33-25(30)37-27)19-9-17(5-7-20(19)28)10-21(29)22-8-6-18(31-4)12-32-22;1-24(2,3)36-23(35)31-22-32-25(4,20-12-26(20,37-22)21(33)34)16-10-14(6-8-17(16)27)11-18(28)19-9-7-15(29-5)13-30-19/h5-10,12,15-16,23H,11,13-14H2,1-3H3,(H2,30,33);6-11,13,20H,12H2,1-4H3,(H,33,34)(H,31,32,35)/b21-10-;18-11-/t15-,16+,23-,26+,27-;20-,25+,26-/m00/s1. The summed E-state index contributed by atoms with van der Waals surface area (Å²) in [4.78, 5) is 63.9. The molecule has 5 aliphatic rings. The van der Waals surface area contributed by atoms with Crippen molar-refractivity contribution in [2.75, 3.05) is 13.2 Å². The number of ether oxygens (including phenoxy) is 2. The molecular formula is C53H51F4N9O6S2. The fraction of sp³-hybridized carbons (Fsp3) is 0.377. The normalized spacial score (nSPS) is 28.0. The Labute approximate surface area is 433 Å². The Balaban J connectivity index is 0.000000197. The van der Waals surface area contributed by atoms with Crippen LogP contribution in [-0.4, -0.2) is 88.7 Å². The van der Waals surface area contributed by atoms with Crippen LogP contribution >= 0.6 is 23.5 Å². The molecule has 2 saturated carbocycles. The van der Waals surface area contributed by atoms with Crippen LogP contribution in [0.25, 0.3) is 33.5 Å². The molecule has 2 aromatic carbocycles. The van der Waals surface area contributed by atoms with Crippen molar-refractivity contribution >= 4 is 87.0 Å². The third kappa shape index (κ3) is 10.4. The number of carboxylic acids is 1. The zero-order valence-electron chi connectivity index (χ0n) is 41.2. The lowest BCUT2D eigenvalue weighted by atomic mass is 9.84. The first-order valence-electron chi connectivity index (χ1n) is 23.4. The van der Waals surface area contributed by atoms with Gasteiger partial charge in [0.1, 0.15) is 38.4 Å². The van der Waals surface area contributed by atoms with E-state index in [-0.39, 0.29) is 68.9 Å². The maximum atomic E-state index is 15.3. The Morgan fingerprint density at radius 1 is 0.811 bits per heavy atom. The monoisotopic (exact) mass is 1050 g/mol. The van der Waals surface area contributed by atoms with Crippen LogP contribution in [0.2, 0.25) is 0 Å². The third-order valence-electron chi connectivity index (χ3n) is 13.6. The molecule has 2 aromatic heterocycles. The fourth-order valence-electron chi connectivity index (χ4n) is 9.81. The summed E-state index contributed by atoms with van der Waals surface area (Å²) in [6.45, 7) is 27.3. The molecule has 9 rings (SSSR count). The first kappa shape index (κ1) is 53.2. The number of aliphatic carboxylic acids is 1. The average molecular weight is 1050 g/mol. The lowest BCUT2D eigenvalue weighted by Gasteiger charge is -2.42. The number of benzene rings is 2. The number of nitrogens with zero attached hydrogens (tertiary/aromatic N) is 7. The number of morpholine rings is 1. The number of carbonyl (C=O) groups excluding carboxylic acids is 2. The van der Waals surface area contributed by atoms with Gasteiger partial charge in [0, 0.05) is 35.4 Å². The number of nitrogens with one attached hydrogen (secondary N) is 1. The van der Waals surface area contributed by atoms with Gasteiger partial charge >= 0.3 is 12.1 Å². The second-order valence-corrected chi connectivity index (χ2v) is 22.7. The number of aliphatic imine (C=N–C) groups is 2. The molecule has 0 radical (unpaired) electrons. The van der Waals surface area contributed by atoms with Crippen LogP contribution in [0, 0.1) is 36.6 Å². The summed E-state index contributed by atoms with van der Waals surface area (Å²) >= 11 is 2.16. The number of carboxylic acid groups (broad SMARTS) is 1. The lowest BCUT2D eigenvalue weighted by molar-refractivity contribution is -0.144. The van der Waals surface area contributed by atoms with E-state index in [9.17, 15) is 28.3 Å². The van der Waals surface area contributed by atoms with Crippen LogP contribution in [0.15, 0.2) is 83.0 Å². The molecule has 0 bridgehead atoms. The molecule has 384 valence electrons. The number of fused-ring (bicyclic) bond motifs is 2. The van der Waals surface area contributed by atoms with Crippen LogP contribution in [0.4, 0.5) is 33.7 Å². The summed E-state index contributed by atoms with van der Waals surface area (Å²) in [7, 11) is 0. The van der Waals surface area contributed by atoms with Crippen molar-refractivity contribution in [1.29, 1.82) is 0 Å². The van der Waals surface area contributed by atoms with Crippen molar-refractivity contribution in [3.63, 3.8) is 0 Å². The molecule has 21 heteroatoms. The Morgan fingerprint density at radius 2 is 1.30 bits per heavy atom. The highest BCUT2D eigenvalue weighted by molar-refractivity contribution is 8.16. The molecule has 8 atom stereocenters. The van der Waals surface area contributed by atoms with E-state index >= 15 is 8.78 Å². The zero-order chi connectivity index (χ0) is 53.7. The van der Waals surface area contributed by atoms with Gasteiger partial charge < -0.3 is 25.2 Å². The van der Waals surface area contributed by atoms with E-state index in [0.717, 1.165) is 17.8 Å². The molecule has 2 amide bonds. The maximum Gasteiger partial charge on any atom is 0.413 e. The van der Waals surface area contributed by atoms with Crippen LogP contribution < -0.4 is 11.1 Å². The Bertz CT molecular complexity index is 3150. The Hall–Kier alpha value is -7.07. The number of rotatable bonds is 8. The fourth-order valence-corrected chi connectivity index (χ4v) is 12.7. The average Bonchev–Trinajstić information content (AvgIpc) is 4.28. The summed E-state index contributed by atoms with van der Waals surface area (Å²) in [5.74, 6) is -4.40. The lowest BCUT2D eigenvalue weighted by Crippen LogP contribution is -2.57. The van der Waals surface area contributed by atoms with Gasteiger partial charge in [0.15, 0.2) is 10.3 Å². The summed E-state index contributed by atoms with van der Waals surface area (Å²) in [5, 5.41) is 12.7. The maximum absolute atomic E-state index is 15.3. The van der Waals surface area contributed by atoms with Gasteiger partial charge in [0.2, 0.25) is 17.3 Å². The molecule has 74 heavy (non-hydrogen) atoms. The molecule has 1 saturated heterocycles. The van der Waals surface area contributed by atoms with E-state index in [2.05, 4.69) is 35.0 Å². The minimum absolute atomic E-state index is 0.00326. The van der Waals surface area contributed by atoms with Gasteiger partial charge in [0.25, 0.3) is 0 Å². The zero-order valence-corrected chi connectivity index (χ0v) is 42.9. The van der Waals surface area contributed by atoms with Crippen molar-refractivity contribution in [1.82, 2.24) is 20.2 Å². The molecule has 2 aliphatic carbocycles. The smallest absolute Gasteiger partial charge is 0.413 e. The third-order valence-corrected chi connectivity index (χ3v) is 16.2. The molecule has 0 spiro atoms. The van der Waals surface area contributed by atoms with Crippen molar-refractivity contribution in [3.05, 3.63) is 141 Å². The number of hydrogen-bond donors (Lipinski definition) is 3. The molecular weight excluding hydrogens is 999 g/mol. The van der Waals surface area contributed by atoms with Gasteiger partial charge in [-0.2, -0.15) is 0 Å². The van der Waals surface area contributed by atoms with Gasteiger partial charge in [-0.15, -0.1) is 0 Å². The van der Waals surface area contributed by atoms with Gasteiger partial charge in [-0.3, -0.25) is 34.9 Å². The molecule has 15 nitrogen and oxygen atoms in total. The number of amidine groups is 2. The number of thioether (sulfide) groups is 2. The predicted octanol–water partition coefficient (Wildman–Crippen LogP) is 10.8. The SMILES string of the molecule is [C-]#[N+]c1ccc(/C(F)=C/c2ccc(F)c([C@@]3(C)N=C(N)S[C@@]4(C(=O)N5[C@H](C)COC[C@@H]5C)C[C@H]43)c2)nc1.[C-]#[N+]c1ccc(/C(F)=C/c2ccc(F)c([C@@]3(C)N=C(NC(=O)OC(C)(C)C)S[C@@]4(C(=O)O)C[C@H]43)c2)nc1. The van der Waals surface area contributed by atoms with E-state index in [1.807, 2.05) is 18.7 Å². The molecule has 3 fully saturated rings. The molecule has 5 heterocycles. The van der Waals surface area contributed by atoms with E-state index < -0.39 is 67.4 Å². The number of alkyl carbamates (subject to hydrolysis) is 1. The molecule has 4 N–H and O–H groups in total. The second kappa shape index (κ2) is 20.0. The van der Waals surface area contributed by atoms with E-state index in [4.69, 9.17) is 28.4 Å². The van der Waals surface area contributed by atoms with Gasteiger partial charge in [-0.05, 0) is 121 Å². The van der Waals surface area contributed by atoms with Crippen molar-refractivity contribution in [2.45, 2.75) is 99.6 Å². The summed E-state index contributed by atoms with van der Waals surface area (Å²) in [5.41, 5.74) is 4.73. The van der Waals surface area contributed by atoms with Gasteiger partial charge in [0.05, 0.1) is 60.9 Å². The van der Waals surface area contributed by atoms with E-state index in [1.165, 1.54) is 84.8 Å². The van der Waals surface area contributed by atoms with E-state index in [1.54, 1.807) is 40.7 Å². The van der Waals surface area contributed by atoms with Crippen molar-refractivity contribution in [2.24, 2.45) is 27.6 Å². The number of pyridine rings is 2. The van der Waals surface area contributed by atoms with E-state index in [0.29, 0.717) is 36.4 Å². The topological polar surface area (TPSA) is 190 Å². The summed E-state index contributed by atoms with van der Waals surface area (Å²) in [6, 6.07) is 13.8. The van der Waals surface area contributed by atoms with Gasteiger partial charge in [-0.1, -0.05) is 47.8 Å². The highest BCUT2D eigenvalue weighted by atomic mass is 32.2. The van der Waals surface area contributed by atoms with Crippen LogP contribution in [0.3, 0.4) is 0 Å². The van der Waals surface area contributed by atoms with Gasteiger partial charge in [-0.25, -0.2) is 32.0 Å². The summed E-state index contributed by atoms with van der Waals surface area (Å²) in [6.07, 6.45) is 4.89. The number of aromatic nitrogens is 2. The highest BCUT2D eigenvalue weighted by Crippen LogP contribution is 2.68. The molecule has 0 unspecified atom stereocenters. The first-order chi connectivity index (χ1) is 34.9. The van der Waals surface area contributed by atoms with Crippen molar-refractivity contribution < 1.29 is 46.5 Å². The van der Waals surface area contributed by atoms with Crippen LogP contribution in [-0.2, 0) is 30.1 Å². The van der Waals surface area contributed by atoms with Crippen molar-refractivity contribution in [3.8, 4) is 0 Å². The molecule has 3 aliphatic heterocycles. The Morgan fingerprint density at radius 3 is 1.76 bits per heavy atom. The number of halogens is 4. The number of carbonyl (C=O) groups is 3. The Kier molecular flexibility index (Phi) is 14.4. The summed E-state index contributed by atoms with van der Waals surface area (Å²) < 4.78 is 69.0. The van der Waals surface area contributed by atoms with Crippen LogP contribution in [0.5, 0.6) is 0 Å². The second-order valence-electron chi connectivity index (χ2n) is 20.0. The first-order valence-corrected chi connectivity index (χ1v) is 25.0. The minimum Gasteiger partial charge on any atom is -0.480 e. The number of amides is 2. The van der Waals surface area contributed by atoms with Crippen LogP contribution in [0.1, 0.15) is 94.9 Å². The number of nitrogens with two attached hydrogens (primary N) is 1. The highest BCUT2D eigenvalue weighted by Gasteiger charge is 2.73. The minimum atomic E-state index is -1.35. The predicted molar refractivity (Wildman–Crippen MR) is 276 cm³/mol. The number of hydrogen-bond acceptors (Lipinski definition) is 12.